The Labute approximate surface area is 241 Å². The highest BCUT2D eigenvalue weighted by Crippen LogP contribution is 2.47. The van der Waals surface area contributed by atoms with Crippen LogP contribution in [0.15, 0.2) is 71.2 Å². The van der Waals surface area contributed by atoms with Crippen LogP contribution in [0.3, 0.4) is 0 Å². The molecular weight excluding hydrogens is 555 g/mol. The Morgan fingerprint density at radius 2 is 1.85 bits per heavy atom. The molecule has 0 saturated heterocycles. The molecule has 1 unspecified atom stereocenters. The Kier molecular flexibility index (Phi) is 7.59. The van der Waals surface area contributed by atoms with Gasteiger partial charge in [0.15, 0.2) is 5.78 Å². The van der Waals surface area contributed by atoms with E-state index in [-0.39, 0.29) is 33.8 Å². The summed E-state index contributed by atoms with van der Waals surface area (Å²) in [5.74, 6) is -1.29. The van der Waals surface area contributed by atoms with Crippen LogP contribution in [0.4, 0.5) is 14.5 Å². The second-order valence-corrected chi connectivity index (χ2v) is 10.7. The Morgan fingerprint density at radius 3 is 2.55 bits per heavy atom. The summed E-state index contributed by atoms with van der Waals surface area (Å²) in [5.41, 5.74) is 11.8. The predicted molar refractivity (Wildman–Crippen MR) is 151 cm³/mol. The van der Waals surface area contributed by atoms with E-state index in [0.717, 1.165) is 22.3 Å². The van der Waals surface area contributed by atoms with E-state index in [0.29, 0.717) is 42.0 Å². The van der Waals surface area contributed by atoms with E-state index in [1.54, 1.807) is 4.90 Å². The number of Topliss-reactive ketones (excluding diaryl/α,β-unsaturated/α-hetero) is 1. The molecule has 0 fully saturated rings. The smallest absolute Gasteiger partial charge is 0.161 e. The predicted octanol–water partition coefficient (Wildman–Crippen LogP) is 7.77. The van der Waals surface area contributed by atoms with Gasteiger partial charge in [0, 0.05) is 23.4 Å². The van der Waals surface area contributed by atoms with Crippen LogP contribution < -0.4 is 15.4 Å². The Hall–Kier alpha value is -3.86. The highest BCUT2D eigenvalue weighted by molar-refractivity contribution is 6.32. The Bertz CT molecular complexity index is 1660. The molecule has 2 aliphatic rings. The quantitative estimate of drug-likeness (QED) is 0.334. The maximum Gasteiger partial charge on any atom is 0.161 e. The molecule has 2 N–H and O–H groups in total. The number of anilines is 1. The molecule has 1 heterocycles. The molecule has 5 rings (SSSR count). The van der Waals surface area contributed by atoms with Crippen molar-refractivity contribution in [1.82, 2.24) is 0 Å². The molecule has 0 bridgehead atoms. The van der Waals surface area contributed by atoms with E-state index < -0.39 is 17.6 Å². The number of carbonyl (C=O) groups is 1. The molecule has 3 aromatic carbocycles. The molecule has 0 amide bonds. The number of halogens is 4. The standard InChI is InChI=1S/C31H25Cl2F2N3O2/c1-16-10-18(15-40-28-9-6-19(34)12-24(28)33)17(2)21(11-16)29-22(14-36)31(37)38(20-7-8-25(35)23(32)13-20)26-4-3-5-27(39)30(26)29/h6-13,29H,3-5,15,37H2,1-2H3. The van der Waals surface area contributed by atoms with Crippen molar-refractivity contribution < 1.29 is 18.3 Å². The number of hydrogen-bond donors (Lipinski definition) is 1. The zero-order valence-corrected chi connectivity index (χ0v) is 23.3. The number of nitriles is 1. The molecular formula is C31H25Cl2F2N3O2. The van der Waals surface area contributed by atoms with Crippen LogP contribution in [0, 0.1) is 36.8 Å². The molecule has 204 valence electrons. The number of nitrogens with zero attached hydrogens (tertiary/aromatic N) is 2. The number of benzene rings is 3. The zero-order valence-electron chi connectivity index (χ0n) is 21.8. The summed E-state index contributed by atoms with van der Waals surface area (Å²) >= 11 is 12.2. The third-order valence-electron chi connectivity index (χ3n) is 7.36. The van der Waals surface area contributed by atoms with Gasteiger partial charge in [-0.3, -0.25) is 9.69 Å². The molecule has 1 atom stereocenters. The average Bonchev–Trinajstić information content (AvgIpc) is 2.91. The maximum atomic E-state index is 14.0. The van der Waals surface area contributed by atoms with Gasteiger partial charge in [-0.1, -0.05) is 40.9 Å². The van der Waals surface area contributed by atoms with E-state index in [2.05, 4.69) is 6.07 Å². The SMILES string of the molecule is Cc1cc(COc2ccc(F)cc2Cl)c(C)c(C2C(C#N)=C(N)N(c3ccc(F)c(Cl)c3)C3=C2C(=O)CCC3)c1. The summed E-state index contributed by atoms with van der Waals surface area (Å²) in [6, 6.07) is 14.3. The van der Waals surface area contributed by atoms with Crippen LogP contribution in [-0.2, 0) is 11.4 Å². The molecule has 0 saturated carbocycles. The Morgan fingerprint density at radius 1 is 1.07 bits per heavy atom. The summed E-state index contributed by atoms with van der Waals surface area (Å²) in [6.45, 7) is 3.97. The molecule has 9 heteroatoms. The lowest BCUT2D eigenvalue weighted by Crippen LogP contribution is -2.39. The van der Waals surface area contributed by atoms with Crippen molar-refractivity contribution in [2.45, 2.75) is 45.6 Å². The number of ketones is 1. The first-order chi connectivity index (χ1) is 19.1. The van der Waals surface area contributed by atoms with Crippen molar-refractivity contribution in [3.63, 3.8) is 0 Å². The lowest BCUT2D eigenvalue weighted by atomic mass is 9.73. The first kappa shape index (κ1) is 27.7. The lowest BCUT2D eigenvalue weighted by molar-refractivity contribution is -0.116. The number of rotatable bonds is 5. The molecule has 40 heavy (non-hydrogen) atoms. The van der Waals surface area contributed by atoms with Gasteiger partial charge in [0.25, 0.3) is 0 Å². The van der Waals surface area contributed by atoms with E-state index in [1.165, 1.54) is 36.4 Å². The summed E-state index contributed by atoms with van der Waals surface area (Å²) in [4.78, 5) is 15.2. The monoisotopic (exact) mass is 579 g/mol. The first-order valence-corrected chi connectivity index (χ1v) is 13.4. The van der Waals surface area contributed by atoms with Gasteiger partial charge in [0.1, 0.15) is 29.8 Å². The van der Waals surface area contributed by atoms with Crippen LogP contribution in [0.1, 0.15) is 47.4 Å². The summed E-state index contributed by atoms with van der Waals surface area (Å²) in [7, 11) is 0. The van der Waals surface area contributed by atoms with E-state index >= 15 is 0 Å². The second-order valence-electron chi connectivity index (χ2n) is 9.92. The van der Waals surface area contributed by atoms with Crippen LogP contribution in [0.5, 0.6) is 5.75 Å². The number of allylic oxidation sites excluding steroid dienone is 3. The molecule has 5 nitrogen and oxygen atoms in total. The minimum Gasteiger partial charge on any atom is -0.487 e. The third kappa shape index (κ3) is 4.94. The first-order valence-electron chi connectivity index (χ1n) is 12.7. The van der Waals surface area contributed by atoms with Crippen molar-refractivity contribution in [1.29, 1.82) is 5.26 Å². The van der Waals surface area contributed by atoms with Gasteiger partial charge in [-0.25, -0.2) is 8.78 Å². The van der Waals surface area contributed by atoms with Crippen molar-refractivity contribution in [3.05, 3.63) is 115 Å². The molecule has 0 aromatic heterocycles. The maximum absolute atomic E-state index is 14.0. The number of nitrogens with two attached hydrogens (primary N) is 1. The van der Waals surface area contributed by atoms with Crippen LogP contribution in [0.25, 0.3) is 0 Å². The number of aryl methyl sites for hydroxylation is 1. The van der Waals surface area contributed by atoms with E-state index in [9.17, 15) is 18.8 Å². The van der Waals surface area contributed by atoms with Crippen molar-refractivity contribution in [3.8, 4) is 11.8 Å². The van der Waals surface area contributed by atoms with Crippen LogP contribution >= 0.6 is 23.2 Å². The summed E-state index contributed by atoms with van der Waals surface area (Å²) < 4.78 is 33.4. The summed E-state index contributed by atoms with van der Waals surface area (Å²) in [5, 5.41) is 10.4. The summed E-state index contributed by atoms with van der Waals surface area (Å²) in [6.07, 6.45) is 1.51. The minimum absolute atomic E-state index is 0.0680. The zero-order chi connectivity index (χ0) is 28.7. The third-order valence-corrected chi connectivity index (χ3v) is 7.95. The van der Waals surface area contributed by atoms with Crippen molar-refractivity contribution in [2.75, 3.05) is 4.90 Å². The highest BCUT2D eigenvalue weighted by Gasteiger charge is 2.41. The molecule has 0 spiro atoms. The second kappa shape index (κ2) is 11.0. The average molecular weight is 580 g/mol. The molecule has 1 aliphatic carbocycles. The number of carbonyl (C=O) groups excluding carboxylic acids is 1. The number of ether oxygens (including phenoxy) is 1. The highest BCUT2D eigenvalue weighted by atomic mass is 35.5. The van der Waals surface area contributed by atoms with Gasteiger partial charge < -0.3 is 10.5 Å². The van der Waals surface area contributed by atoms with Crippen molar-refractivity contribution in [2.24, 2.45) is 5.73 Å². The topological polar surface area (TPSA) is 79.3 Å². The fourth-order valence-corrected chi connectivity index (χ4v) is 5.87. The Balaban J connectivity index is 1.63. The van der Waals surface area contributed by atoms with Gasteiger partial charge in [0.05, 0.1) is 27.6 Å². The van der Waals surface area contributed by atoms with Crippen LogP contribution in [0.2, 0.25) is 10.0 Å². The normalized spacial score (nSPS) is 17.2. The van der Waals surface area contributed by atoms with Crippen molar-refractivity contribution >= 4 is 34.7 Å². The van der Waals surface area contributed by atoms with E-state index in [4.69, 9.17) is 33.7 Å². The van der Waals surface area contributed by atoms with Gasteiger partial charge in [-0.15, -0.1) is 0 Å². The van der Waals surface area contributed by atoms with Crippen LogP contribution in [-0.4, -0.2) is 5.78 Å². The van der Waals surface area contributed by atoms with Gasteiger partial charge in [-0.05, 0) is 79.8 Å². The lowest BCUT2D eigenvalue weighted by Gasteiger charge is -2.40. The largest absolute Gasteiger partial charge is 0.487 e. The van der Waals surface area contributed by atoms with Gasteiger partial charge >= 0.3 is 0 Å². The molecule has 1 aliphatic heterocycles. The fraction of sp³-hybridized carbons (Fsp3) is 0.226. The molecule has 0 radical (unpaired) electrons. The fourth-order valence-electron chi connectivity index (χ4n) is 5.48. The number of hydrogen-bond acceptors (Lipinski definition) is 5. The minimum atomic E-state index is -0.687. The van der Waals surface area contributed by atoms with Gasteiger partial charge in [-0.2, -0.15) is 5.26 Å². The molecule has 3 aromatic rings. The van der Waals surface area contributed by atoms with E-state index in [1.807, 2.05) is 26.0 Å². The van der Waals surface area contributed by atoms with Gasteiger partial charge in [0.2, 0.25) is 0 Å².